The Morgan fingerprint density at radius 3 is 1.35 bits per heavy atom. The summed E-state index contributed by atoms with van der Waals surface area (Å²) in [5, 5.41) is 23.3. The van der Waals surface area contributed by atoms with Crippen molar-refractivity contribution in [3.05, 3.63) is 96.1 Å². The molecule has 0 bridgehead atoms. The largest absolute Gasteiger partial charge is 2.00 e. The van der Waals surface area contributed by atoms with E-state index in [1.807, 2.05) is 12.1 Å². The van der Waals surface area contributed by atoms with Crippen LogP contribution in [0.15, 0.2) is 94.7 Å². The van der Waals surface area contributed by atoms with Gasteiger partial charge in [-0.1, -0.05) is 146 Å². The van der Waals surface area contributed by atoms with Gasteiger partial charge in [-0.3, -0.25) is 4.55 Å². The van der Waals surface area contributed by atoms with Crippen molar-refractivity contribution in [2.75, 3.05) is 0 Å². The van der Waals surface area contributed by atoms with Gasteiger partial charge in [0.25, 0.3) is 10.1 Å². The summed E-state index contributed by atoms with van der Waals surface area (Å²) in [7, 11) is -9.13. The van der Waals surface area contributed by atoms with Gasteiger partial charge in [-0.05, 0) is 79.8 Å². The van der Waals surface area contributed by atoms with Crippen LogP contribution in [0.5, 0.6) is 34.5 Å². The summed E-state index contributed by atoms with van der Waals surface area (Å²) in [6.45, 7) is 4.37. The number of ether oxygens (including phenoxy) is 2. The molecule has 0 unspecified atom stereocenters. The van der Waals surface area contributed by atoms with Crippen LogP contribution in [0.2, 0.25) is 0 Å². The summed E-state index contributed by atoms with van der Waals surface area (Å²) in [4.78, 5) is -0.686. The van der Waals surface area contributed by atoms with Crippen LogP contribution >= 0.6 is 0 Å². The molecule has 4 rings (SSSR count). The Morgan fingerprint density at radius 2 is 0.912 bits per heavy atom. The predicted octanol–water partition coefficient (Wildman–Crippen LogP) is 10.9. The molecule has 0 saturated carbocycles. The van der Waals surface area contributed by atoms with Crippen LogP contribution in [-0.2, 0) is 33.1 Å². The molecular weight excluding hydrogens is 793 g/mol. The quantitative estimate of drug-likeness (QED) is 0.0392. The van der Waals surface area contributed by atoms with Gasteiger partial charge in [-0.25, -0.2) is 8.42 Å². The molecule has 4 aromatic rings. The van der Waals surface area contributed by atoms with Gasteiger partial charge in [0.15, 0.2) is 11.5 Å². The Kier molecular flexibility index (Phi) is 23.8. The molecule has 0 atom stereocenters. The van der Waals surface area contributed by atoms with Crippen LogP contribution in [0.3, 0.4) is 0 Å². The number of aromatic hydroxyl groups is 1. The van der Waals surface area contributed by atoms with Crippen molar-refractivity contribution in [3.63, 3.8) is 0 Å². The van der Waals surface area contributed by atoms with Crippen LogP contribution < -0.4 is 14.6 Å². The molecule has 2 N–H and O–H groups in total. The summed E-state index contributed by atoms with van der Waals surface area (Å²) >= 11 is 0. The number of unbranched alkanes of at least 4 members (excludes halogenated alkanes) is 14. The molecule has 0 spiro atoms. The van der Waals surface area contributed by atoms with E-state index >= 15 is 0 Å². The minimum Gasteiger partial charge on any atom is -0.870 e. The first-order valence-electron chi connectivity index (χ1n) is 19.9. The summed E-state index contributed by atoms with van der Waals surface area (Å²) in [5.74, 6) is 0.470. The Morgan fingerprint density at radius 1 is 0.526 bits per heavy atom. The van der Waals surface area contributed by atoms with E-state index in [1.54, 1.807) is 48.5 Å². The number of para-hydroxylation sites is 2. The van der Waals surface area contributed by atoms with Crippen LogP contribution in [0.25, 0.3) is 0 Å². The molecule has 0 aliphatic heterocycles. The first-order valence-corrected chi connectivity index (χ1v) is 22.8. The van der Waals surface area contributed by atoms with Crippen molar-refractivity contribution < 1.29 is 45.6 Å². The van der Waals surface area contributed by atoms with E-state index in [0.717, 1.165) is 44.9 Å². The molecule has 0 radical (unpaired) electrons. The zero-order valence-electron chi connectivity index (χ0n) is 33.5. The summed E-state index contributed by atoms with van der Waals surface area (Å²) in [6, 6.07) is 22.8. The molecule has 0 aliphatic carbocycles. The number of benzene rings is 4. The summed E-state index contributed by atoms with van der Waals surface area (Å²) in [5.41, 5.74) is 0.247. The van der Waals surface area contributed by atoms with Crippen molar-refractivity contribution in [2.45, 2.75) is 139 Å². The van der Waals surface area contributed by atoms with E-state index in [0.29, 0.717) is 24.3 Å². The van der Waals surface area contributed by atoms with Gasteiger partial charge in [-0.15, -0.1) is 0 Å². The molecule has 0 aliphatic rings. The van der Waals surface area contributed by atoms with E-state index in [2.05, 4.69) is 13.8 Å². The van der Waals surface area contributed by atoms with Crippen molar-refractivity contribution in [3.8, 4) is 34.5 Å². The fourth-order valence-corrected chi connectivity index (χ4v) is 7.89. The van der Waals surface area contributed by atoms with Gasteiger partial charge in [0.1, 0.15) is 32.3 Å². The zero-order valence-corrected chi connectivity index (χ0v) is 37.3. The Hall–Kier alpha value is -2.84. The zero-order chi connectivity index (χ0) is 40.8. The second-order valence-corrected chi connectivity index (χ2v) is 16.7. The molecule has 10 nitrogen and oxygen atoms in total. The van der Waals surface area contributed by atoms with Gasteiger partial charge in [0.2, 0.25) is 0 Å². The summed E-state index contributed by atoms with van der Waals surface area (Å²) < 4.78 is 78.9. The number of rotatable bonds is 24. The Balaban J connectivity index is 0.000000387. The second-order valence-electron chi connectivity index (χ2n) is 14.0. The van der Waals surface area contributed by atoms with Crippen LogP contribution in [-0.4, -0.2) is 68.8 Å². The van der Waals surface area contributed by atoms with Gasteiger partial charge >= 0.3 is 37.7 Å². The number of phenolic OH excluding ortho intramolecular Hbond substituents is 1. The molecule has 0 amide bonds. The van der Waals surface area contributed by atoms with Crippen molar-refractivity contribution in [2.24, 2.45) is 0 Å². The standard InChI is InChI=1S/2C22H30O5S.Ca/c2*1-2-3-4-5-6-7-8-12-15-19-21(28(24,25)26)17-16-20(22(19)23)27-18-13-10-9-11-14-18;/h2*9-11,13-14,16-17,23H,2-8,12,15H2,1H3,(H,24,25,26);/q;;+2/p-2. The topological polar surface area (TPSA) is 173 Å². The number of hydrogen-bond acceptors (Lipinski definition) is 9. The van der Waals surface area contributed by atoms with Crippen LogP contribution in [0, 0.1) is 0 Å². The molecule has 57 heavy (non-hydrogen) atoms. The molecule has 308 valence electrons. The number of phenols is 1. The van der Waals surface area contributed by atoms with E-state index < -0.39 is 30.9 Å². The molecule has 0 heterocycles. The third kappa shape index (κ3) is 18.3. The maximum absolute atomic E-state index is 12.8. The van der Waals surface area contributed by atoms with Gasteiger partial charge in [0.05, 0.1) is 4.90 Å². The molecular formula is C44H58CaO10S2. The van der Waals surface area contributed by atoms with Crippen molar-refractivity contribution >= 4 is 58.0 Å². The van der Waals surface area contributed by atoms with E-state index in [4.69, 9.17) is 9.47 Å². The van der Waals surface area contributed by atoms with E-state index in [-0.39, 0.29) is 77.4 Å². The van der Waals surface area contributed by atoms with E-state index in [1.165, 1.54) is 75.6 Å². The van der Waals surface area contributed by atoms with Crippen LogP contribution in [0.4, 0.5) is 0 Å². The second kappa shape index (κ2) is 27.0. The molecule has 0 aromatic heterocycles. The first kappa shape index (κ1) is 50.3. The average Bonchev–Trinajstić information content (AvgIpc) is 3.16. The van der Waals surface area contributed by atoms with Crippen molar-refractivity contribution in [1.29, 1.82) is 0 Å². The third-order valence-corrected chi connectivity index (χ3v) is 11.3. The van der Waals surface area contributed by atoms with Crippen molar-refractivity contribution in [1.82, 2.24) is 0 Å². The SMILES string of the molecule is CCCCCCCCCCc1c(S(=O)(=O)O)ccc(Oc2ccccc2)c1O.CCCCCCCCCCc1c(S(=O)(=O)[O-])ccc(Oc2ccccc2)c1[O-].[Ca+2]. The fourth-order valence-electron chi connectivity index (χ4n) is 6.40. The third-order valence-electron chi connectivity index (χ3n) is 9.43. The maximum atomic E-state index is 12.8. The van der Waals surface area contributed by atoms with E-state index in [9.17, 15) is 36.2 Å². The smallest absolute Gasteiger partial charge is 0.870 e. The first-order chi connectivity index (χ1) is 26.9. The van der Waals surface area contributed by atoms with Gasteiger partial charge in [-0.2, -0.15) is 8.42 Å². The average molecular weight is 851 g/mol. The molecule has 0 fully saturated rings. The predicted molar refractivity (Wildman–Crippen MR) is 223 cm³/mol. The molecule has 4 aromatic carbocycles. The van der Waals surface area contributed by atoms with Gasteiger partial charge in [0, 0.05) is 5.56 Å². The minimum absolute atomic E-state index is 0. The minimum atomic E-state index is -4.71. The normalized spacial score (nSPS) is 11.3. The fraction of sp³-hybridized carbons (Fsp3) is 0.455. The number of hydrogen-bond donors (Lipinski definition) is 2. The van der Waals surface area contributed by atoms with Gasteiger partial charge < -0.3 is 24.2 Å². The monoisotopic (exact) mass is 850 g/mol. The Bertz CT molecular complexity index is 1810. The Labute approximate surface area is 370 Å². The molecule has 0 saturated heterocycles. The van der Waals surface area contributed by atoms with Crippen LogP contribution in [0.1, 0.15) is 128 Å². The summed E-state index contributed by atoms with van der Waals surface area (Å²) in [6.07, 6.45) is 18.1. The maximum Gasteiger partial charge on any atom is 2.00 e. The molecule has 13 heteroatoms.